The van der Waals surface area contributed by atoms with Gasteiger partial charge in [-0.1, -0.05) is 0 Å². The number of hydrogen-bond acceptors (Lipinski definition) is 4. The molecule has 0 aromatic heterocycles. The minimum absolute atomic E-state index is 0. The van der Waals surface area contributed by atoms with E-state index in [1.807, 2.05) is 0 Å². The van der Waals surface area contributed by atoms with Gasteiger partial charge < -0.3 is 15.4 Å². The quantitative estimate of drug-likeness (QED) is 0.655. The molecule has 1 saturated heterocycles. The van der Waals surface area contributed by atoms with Crippen molar-refractivity contribution < 1.29 is 14.3 Å². The van der Waals surface area contributed by atoms with E-state index in [1.165, 1.54) is 6.92 Å². The van der Waals surface area contributed by atoms with Gasteiger partial charge in [0.2, 0.25) is 5.91 Å². The van der Waals surface area contributed by atoms with Crippen molar-refractivity contribution in [3.63, 3.8) is 0 Å². The Morgan fingerprint density at radius 1 is 1.32 bits per heavy atom. The van der Waals surface area contributed by atoms with E-state index in [2.05, 4.69) is 10.6 Å². The standard InChI is InChI=1S/C13H16N2O3.ClH/c1-9(16)15-10-4-6-11(7-5-10)18-13(17)12-3-2-8-14-12;/h4-7,12,14H,2-3,8H2,1H3,(H,15,16);1H/t12-;/m0./s1. The van der Waals surface area contributed by atoms with E-state index in [4.69, 9.17) is 4.74 Å². The van der Waals surface area contributed by atoms with Crippen LogP contribution in [0.4, 0.5) is 5.69 Å². The fraction of sp³-hybridized carbons (Fsp3) is 0.385. The number of esters is 1. The van der Waals surface area contributed by atoms with Gasteiger partial charge in [-0.25, -0.2) is 4.79 Å². The van der Waals surface area contributed by atoms with Crippen molar-refractivity contribution >= 4 is 30.0 Å². The number of carbonyl (C=O) groups excluding carboxylic acids is 2. The number of carbonyl (C=O) groups is 2. The molecule has 1 heterocycles. The van der Waals surface area contributed by atoms with Crippen molar-refractivity contribution in [3.8, 4) is 5.75 Å². The highest BCUT2D eigenvalue weighted by Crippen LogP contribution is 2.17. The molecule has 0 bridgehead atoms. The number of benzene rings is 1. The van der Waals surface area contributed by atoms with Gasteiger partial charge in [0.05, 0.1) is 0 Å². The monoisotopic (exact) mass is 284 g/mol. The highest BCUT2D eigenvalue weighted by atomic mass is 35.5. The molecule has 19 heavy (non-hydrogen) atoms. The van der Waals surface area contributed by atoms with E-state index in [-0.39, 0.29) is 30.3 Å². The fourth-order valence-corrected chi connectivity index (χ4v) is 1.88. The summed E-state index contributed by atoms with van der Waals surface area (Å²) in [7, 11) is 0. The first-order valence-corrected chi connectivity index (χ1v) is 5.98. The van der Waals surface area contributed by atoms with Crippen LogP contribution in [-0.2, 0) is 9.59 Å². The van der Waals surface area contributed by atoms with Crippen molar-refractivity contribution in [1.82, 2.24) is 5.32 Å². The third-order valence-corrected chi connectivity index (χ3v) is 2.74. The van der Waals surface area contributed by atoms with Crippen molar-refractivity contribution in [2.45, 2.75) is 25.8 Å². The van der Waals surface area contributed by atoms with Gasteiger partial charge in [-0.05, 0) is 43.7 Å². The van der Waals surface area contributed by atoms with Crippen LogP contribution < -0.4 is 15.4 Å². The molecule has 1 aliphatic rings. The summed E-state index contributed by atoms with van der Waals surface area (Å²) >= 11 is 0. The first-order valence-electron chi connectivity index (χ1n) is 5.98. The van der Waals surface area contributed by atoms with Gasteiger partial charge in [0, 0.05) is 12.6 Å². The number of ether oxygens (including phenoxy) is 1. The highest BCUT2D eigenvalue weighted by Gasteiger charge is 2.23. The second-order valence-electron chi connectivity index (χ2n) is 4.28. The molecule has 1 aliphatic heterocycles. The molecular weight excluding hydrogens is 268 g/mol. The molecule has 2 rings (SSSR count). The SMILES string of the molecule is CC(=O)Nc1ccc(OC(=O)[C@@H]2CCCN2)cc1.Cl. The predicted molar refractivity (Wildman–Crippen MR) is 74.7 cm³/mol. The van der Waals surface area contributed by atoms with E-state index in [0.29, 0.717) is 11.4 Å². The summed E-state index contributed by atoms with van der Waals surface area (Å²) in [6.45, 7) is 2.31. The van der Waals surface area contributed by atoms with Gasteiger partial charge in [0.15, 0.2) is 0 Å². The van der Waals surface area contributed by atoms with Gasteiger partial charge in [-0.2, -0.15) is 0 Å². The molecule has 1 amide bonds. The number of rotatable bonds is 3. The van der Waals surface area contributed by atoms with E-state index in [1.54, 1.807) is 24.3 Å². The summed E-state index contributed by atoms with van der Waals surface area (Å²) in [4.78, 5) is 22.6. The van der Waals surface area contributed by atoms with Gasteiger partial charge in [0.1, 0.15) is 11.8 Å². The molecular formula is C13H17ClN2O3. The molecule has 5 nitrogen and oxygen atoms in total. The Bertz CT molecular complexity index is 442. The predicted octanol–water partition coefficient (Wildman–Crippen LogP) is 1.72. The Morgan fingerprint density at radius 3 is 2.53 bits per heavy atom. The normalized spacial score (nSPS) is 17.4. The highest BCUT2D eigenvalue weighted by molar-refractivity contribution is 5.88. The maximum Gasteiger partial charge on any atom is 0.328 e. The Hall–Kier alpha value is -1.59. The third kappa shape index (κ3) is 4.54. The largest absolute Gasteiger partial charge is 0.425 e. The van der Waals surface area contributed by atoms with Crippen molar-refractivity contribution in [2.75, 3.05) is 11.9 Å². The minimum atomic E-state index is -0.250. The van der Waals surface area contributed by atoms with Gasteiger partial charge in [-0.3, -0.25) is 4.79 Å². The molecule has 0 radical (unpaired) electrons. The molecule has 0 saturated carbocycles. The second kappa shape index (κ2) is 7.11. The molecule has 1 atom stereocenters. The van der Waals surface area contributed by atoms with Crippen LogP contribution in [0.5, 0.6) is 5.75 Å². The smallest absolute Gasteiger partial charge is 0.328 e. The molecule has 1 aromatic carbocycles. The zero-order valence-corrected chi connectivity index (χ0v) is 11.5. The molecule has 6 heteroatoms. The lowest BCUT2D eigenvalue weighted by Crippen LogP contribution is -2.34. The average molecular weight is 285 g/mol. The van der Waals surface area contributed by atoms with Crippen LogP contribution in [-0.4, -0.2) is 24.5 Å². The van der Waals surface area contributed by atoms with E-state index >= 15 is 0 Å². The lowest BCUT2D eigenvalue weighted by Gasteiger charge is -2.10. The van der Waals surface area contributed by atoms with Crippen molar-refractivity contribution in [1.29, 1.82) is 0 Å². The van der Waals surface area contributed by atoms with E-state index in [0.717, 1.165) is 19.4 Å². The Labute approximate surface area is 118 Å². The zero-order chi connectivity index (χ0) is 13.0. The summed E-state index contributed by atoms with van der Waals surface area (Å²) in [5.74, 6) is 0.109. The molecule has 104 valence electrons. The Balaban J connectivity index is 0.00000180. The Morgan fingerprint density at radius 2 is 2.00 bits per heavy atom. The molecule has 0 aliphatic carbocycles. The number of anilines is 1. The lowest BCUT2D eigenvalue weighted by molar-refractivity contribution is -0.136. The van der Waals surface area contributed by atoms with Crippen LogP contribution in [0.1, 0.15) is 19.8 Å². The number of nitrogens with one attached hydrogen (secondary N) is 2. The molecule has 0 spiro atoms. The van der Waals surface area contributed by atoms with Crippen LogP contribution >= 0.6 is 12.4 Å². The number of hydrogen-bond donors (Lipinski definition) is 2. The second-order valence-corrected chi connectivity index (χ2v) is 4.28. The maximum absolute atomic E-state index is 11.7. The van der Waals surface area contributed by atoms with Gasteiger partial charge >= 0.3 is 5.97 Å². The van der Waals surface area contributed by atoms with Crippen LogP contribution in [0.25, 0.3) is 0 Å². The topological polar surface area (TPSA) is 67.4 Å². The third-order valence-electron chi connectivity index (χ3n) is 2.74. The fourth-order valence-electron chi connectivity index (χ4n) is 1.88. The summed E-state index contributed by atoms with van der Waals surface area (Å²) < 4.78 is 5.24. The first-order chi connectivity index (χ1) is 8.65. The maximum atomic E-state index is 11.7. The molecule has 0 unspecified atom stereocenters. The summed E-state index contributed by atoms with van der Waals surface area (Å²) in [6, 6.07) is 6.54. The first kappa shape index (κ1) is 15.5. The van der Waals surface area contributed by atoms with E-state index < -0.39 is 0 Å². The summed E-state index contributed by atoms with van der Waals surface area (Å²) in [6.07, 6.45) is 1.82. The lowest BCUT2D eigenvalue weighted by atomic mass is 10.2. The van der Waals surface area contributed by atoms with E-state index in [9.17, 15) is 9.59 Å². The number of halogens is 1. The van der Waals surface area contributed by atoms with Crippen molar-refractivity contribution in [3.05, 3.63) is 24.3 Å². The van der Waals surface area contributed by atoms with Crippen LogP contribution in [0.2, 0.25) is 0 Å². The van der Waals surface area contributed by atoms with Gasteiger partial charge in [0.25, 0.3) is 0 Å². The minimum Gasteiger partial charge on any atom is -0.425 e. The Kier molecular flexibility index (Phi) is 5.79. The van der Waals surface area contributed by atoms with Gasteiger partial charge in [-0.15, -0.1) is 12.4 Å². The van der Waals surface area contributed by atoms with Crippen molar-refractivity contribution in [2.24, 2.45) is 0 Å². The molecule has 2 N–H and O–H groups in total. The zero-order valence-electron chi connectivity index (χ0n) is 10.6. The molecule has 1 fully saturated rings. The summed E-state index contributed by atoms with van der Waals surface area (Å²) in [5, 5.41) is 5.73. The van der Waals surface area contributed by atoms with Crippen LogP contribution in [0.3, 0.4) is 0 Å². The summed E-state index contributed by atoms with van der Waals surface area (Å²) in [5.41, 5.74) is 0.682. The average Bonchev–Trinajstić information content (AvgIpc) is 2.84. The molecule has 1 aromatic rings. The number of amides is 1. The van der Waals surface area contributed by atoms with Crippen LogP contribution in [0, 0.1) is 0 Å². The van der Waals surface area contributed by atoms with Crippen LogP contribution in [0.15, 0.2) is 24.3 Å².